The number of nitrogens with zero attached hydrogens (tertiary/aromatic N) is 1. The zero-order valence-electron chi connectivity index (χ0n) is 18.1. The molecule has 0 amide bonds. The van der Waals surface area contributed by atoms with Crippen LogP contribution in [0.2, 0.25) is 0 Å². The Balaban J connectivity index is 1.56. The van der Waals surface area contributed by atoms with Gasteiger partial charge in [0.1, 0.15) is 12.6 Å². The van der Waals surface area contributed by atoms with Crippen molar-refractivity contribution in [2.75, 3.05) is 6.61 Å². The summed E-state index contributed by atoms with van der Waals surface area (Å²) in [5.41, 5.74) is 3.45. The lowest BCUT2D eigenvalue weighted by Crippen LogP contribution is -2.30. The minimum atomic E-state index is -0.389. The molecule has 5 heteroatoms. The first-order chi connectivity index (χ1) is 15.6. The Morgan fingerprint density at radius 2 is 2.16 bits per heavy atom. The van der Waals surface area contributed by atoms with Crippen molar-refractivity contribution in [2.45, 2.75) is 25.7 Å². The van der Waals surface area contributed by atoms with Gasteiger partial charge in [0.15, 0.2) is 6.20 Å². The first kappa shape index (κ1) is 20.3. The third-order valence-electron chi connectivity index (χ3n) is 6.37. The van der Waals surface area contributed by atoms with E-state index in [1.165, 1.54) is 0 Å². The highest BCUT2D eigenvalue weighted by Gasteiger charge is 2.56. The van der Waals surface area contributed by atoms with Gasteiger partial charge in [-0.05, 0) is 55.2 Å². The van der Waals surface area contributed by atoms with Gasteiger partial charge >= 0.3 is 11.6 Å². The molecule has 32 heavy (non-hydrogen) atoms. The molecule has 3 atom stereocenters. The Kier molecular flexibility index (Phi) is 5.14. The molecule has 2 aliphatic carbocycles. The fourth-order valence-electron chi connectivity index (χ4n) is 4.70. The highest BCUT2D eigenvalue weighted by Crippen LogP contribution is 2.58. The smallest absolute Gasteiger partial charge is 0.343 e. The third kappa shape index (κ3) is 3.62. The van der Waals surface area contributed by atoms with Gasteiger partial charge in [-0.2, -0.15) is 0 Å². The lowest BCUT2D eigenvalue weighted by molar-refractivity contribution is -0.673. The molecule has 2 heterocycles. The maximum absolute atomic E-state index is 12.6. The van der Waals surface area contributed by atoms with E-state index in [9.17, 15) is 9.59 Å². The van der Waals surface area contributed by atoms with Gasteiger partial charge < -0.3 is 9.15 Å². The van der Waals surface area contributed by atoms with Crippen molar-refractivity contribution >= 4 is 29.1 Å². The van der Waals surface area contributed by atoms with Crippen LogP contribution in [0, 0.1) is 23.7 Å². The van der Waals surface area contributed by atoms with Crippen LogP contribution in [0.3, 0.4) is 0 Å². The number of fused-ring (bicyclic) bond motifs is 4. The largest absolute Gasteiger partial charge is 0.466 e. The molecule has 0 bridgehead atoms. The van der Waals surface area contributed by atoms with Gasteiger partial charge in [-0.3, -0.25) is 4.79 Å². The minimum Gasteiger partial charge on any atom is -0.466 e. The van der Waals surface area contributed by atoms with E-state index < -0.39 is 0 Å². The number of pyridine rings is 1. The van der Waals surface area contributed by atoms with Crippen LogP contribution < -0.4 is 10.2 Å². The third-order valence-corrected chi connectivity index (χ3v) is 6.37. The van der Waals surface area contributed by atoms with Crippen LogP contribution in [0.1, 0.15) is 48.1 Å². The summed E-state index contributed by atoms with van der Waals surface area (Å²) in [7, 11) is 1.95. The summed E-state index contributed by atoms with van der Waals surface area (Å²) in [5.74, 6) is 6.51. The standard InChI is InChI=1S/C27H24NO4/c1-3-31-27(30)25-21-10-5-4-8-17-16-23-19(15-22(17)24(21)25)14-18(26(29)32-23)11-12-20-9-6-7-13-28(20)2/h6-7,9,11-16,21,24-25H,3,5,10H2,1-2H3/q+1/b12-11+. The lowest BCUT2D eigenvalue weighted by Gasteiger charge is -2.09. The van der Waals surface area contributed by atoms with Crippen LogP contribution in [-0.4, -0.2) is 12.6 Å². The van der Waals surface area contributed by atoms with Crippen molar-refractivity contribution in [1.29, 1.82) is 0 Å². The second-order valence-corrected chi connectivity index (χ2v) is 8.34. The highest BCUT2D eigenvalue weighted by molar-refractivity contribution is 5.85. The fraction of sp³-hybridized carbons (Fsp3) is 0.296. The lowest BCUT2D eigenvalue weighted by atomic mass is 9.96. The van der Waals surface area contributed by atoms with Crippen molar-refractivity contribution < 1.29 is 18.5 Å². The fourth-order valence-corrected chi connectivity index (χ4v) is 4.70. The quantitative estimate of drug-likeness (QED) is 0.275. The number of ether oxygens (including phenoxy) is 1. The summed E-state index contributed by atoms with van der Waals surface area (Å²) >= 11 is 0. The molecular weight excluding hydrogens is 402 g/mol. The van der Waals surface area contributed by atoms with Crippen molar-refractivity contribution in [2.24, 2.45) is 18.9 Å². The molecule has 1 fully saturated rings. The van der Waals surface area contributed by atoms with Crippen molar-refractivity contribution in [3.05, 3.63) is 75.4 Å². The summed E-state index contributed by atoms with van der Waals surface area (Å²) in [6, 6.07) is 11.6. The van der Waals surface area contributed by atoms with Crippen molar-refractivity contribution in [1.82, 2.24) is 0 Å². The monoisotopic (exact) mass is 426 g/mol. The van der Waals surface area contributed by atoms with E-state index in [0.29, 0.717) is 17.8 Å². The molecule has 3 unspecified atom stereocenters. The second kappa shape index (κ2) is 8.12. The average molecular weight is 426 g/mol. The summed E-state index contributed by atoms with van der Waals surface area (Å²) in [6.07, 6.45) is 7.26. The van der Waals surface area contributed by atoms with Gasteiger partial charge in [-0.25, -0.2) is 9.36 Å². The molecule has 5 rings (SSSR count). The number of aryl methyl sites for hydroxylation is 1. The van der Waals surface area contributed by atoms with E-state index in [-0.39, 0.29) is 29.3 Å². The molecule has 3 aromatic rings. The van der Waals surface area contributed by atoms with Gasteiger partial charge in [0.25, 0.3) is 0 Å². The van der Waals surface area contributed by atoms with E-state index >= 15 is 0 Å². The van der Waals surface area contributed by atoms with E-state index in [1.54, 1.807) is 6.08 Å². The Morgan fingerprint density at radius 1 is 1.28 bits per heavy atom. The molecule has 0 N–H and O–H groups in total. The van der Waals surface area contributed by atoms with Crippen LogP contribution in [0.25, 0.3) is 23.1 Å². The predicted octanol–water partition coefficient (Wildman–Crippen LogP) is 3.83. The Labute approximate surface area is 186 Å². The number of carbonyl (C=O) groups excluding carboxylic acids is 1. The van der Waals surface area contributed by atoms with Crippen LogP contribution in [0.5, 0.6) is 0 Å². The molecule has 160 valence electrons. The number of hydrogen-bond acceptors (Lipinski definition) is 4. The van der Waals surface area contributed by atoms with Gasteiger partial charge in [-0.15, -0.1) is 0 Å². The maximum atomic E-state index is 12.6. The number of esters is 1. The Bertz CT molecular complexity index is 1370. The molecule has 0 spiro atoms. The number of benzene rings is 1. The van der Waals surface area contributed by atoms with E-state index in [1.807, 2.05) is 67.2 Å². The first-order valence-corrected chi connectivity index (χ1v) is 11.0. The molecule has 0 aliphatic heterocycles. The normalized spacial score (nSPS) is 21.1. The summed E-state index contributed by atoms with van der Waals surface area (Å²) in [4.78, 5) is 25.1. The number of aromatic nitrogens is 1. The molecule has 0 saturated heterocycles. The topological polar surface area (TPSA) is 60.4 Å². The van der Waals surface area contributed by atoms with Crippen LogP contribution in [-0.2, 0) is 16.6 Å². The van der Waals surface area contributed by atoms with Gasteiger partial charge in [-0.1, -0.05) is 11.8 Å². The molecule has 1 saturated carbocycles. The van der Waals surface area contributed by atoms with Crippen LogP contribution in [0.15, 0.2) is 51.8 Å². The summed E-state index contributed by atoms with van der Waals surface area (Å²) in [5, 5.41) is 0.830. The van der Waals surface area contributed by atoms with E-state index in [4.69, 9.17) is 9.15 Å². The summed E-state index contributed by atoms with van der Waals surface area (Å²) < 4.78 is 12.9. The zero-order valence-corrected chi connectivity index (χ0v) is 18.1. The molecule has 1 aromatic carbocycles. The number of rotatable bonds is 4. The Morgan fingerprint density at radius 3 is 2.97 bits per heavy atom. The average Bonchev–Trinajstić information content (AvgIpc) is 3.48. The Hall–Kier alpha value is -3.65. The number of carbonyl (C=O) groups is 1. The number of hydrogen-bond donors (Lipinski definition) is 0. The predicted molar refractivity (Wildman–Crippen MR) is 121 cm³/mol. The van der Waals surface area contributed by atoms with E-state index in [0.717, 1.165) is 35.0 Å². The SMILES string of the molecule is CCOC(=O)C1C2CCC#Cc3cc4oc(=O)c(/C=C/c5cccc[n+]5C)cc4cc3C21. The van der Waals surface area contributed by atoms with Crippen molar-refractivity contribution in [3.8, 4) is 11.8 Å². The van der Waals surface area contributed by atoms with Gasteiger partial charge in [0.05, 0.1) is 18.1 Å². The molecule has 5 nitrogen and oxygen atoms in total. The molecule has 0 radical (unpaired) electrons. The highest BCUT2D eigenvalue weighted by atomic mass is 16.5. The second-order valence-electron chi connectivity index (χ2n) is 8.34. The molecule has 2 aliphatic rings. The van der Waals surface area contributed by atoms with Crippen molar-refractivity contribution in [3.63, 3.8) is 0 Å². The van der Waals surface area contributed by atoms with Crippen LogP contribution >= 0.6 is 0 Å². The molecular formula is C27H24NO4+. The molecule has 2 aromatic heterocycles. The van der Waals surface area contributed by atoms with Crippen LogP contribution in [0.4, 0.5) is 0 Å². The first-order valence-electron chi connectivity index (χ1n) is 11.0. The van der Waals surface area contributed by atoms with Gasteiger partial charge in [0, 0.05) is 41.5 Å². The van der Waals surface area contributed by atoms with Gasteiger partial charge in [0.2, 0.25) is 5.69 Å². The van der Waals surface area contributed by atoms with E-state index in [2.05, 4.69) is 11.8 Å². The summed E-state index contributed by atoms with van der Waals surface area (Å²) in [6.45, 7) is 2.22. The maximum Gasteiger partial charge on any atom is 0.343 e. The zero-order chi connectivity index (χ0) is 22.2. The minimum absolute atomic E-state index is 0.109.